The molecule has 4 heteroatoms. The van der Waals surface area contributed by atoms with Crippen LogP contribution in [-0.4, -0.2) is 12.5 Å². The molecule has 0 radical (unpaired) electrons. The Morgan fingerprint density at radius 3 is 2.52 bits per heavy atom. The zero-order chi connectivity index (χ0) is 15.4. The van der Waals surface area contributed by atoms with Crippen LogP contribution in [0.15, 0.2) is 36.4 Å². The fraction of sp³-hybridized carbons (Fsp3) is 0.235. The molecule has 1 amide bonds. The summed E-state index contributed by atoms with van der Waals surface area (Å²) in [4.78, 5) is 12.1. The predicted octanol–water partition coefficient (Wildman–Crippen LogP) is 3.38. The van der Waals surface area contributed by atoms with Crippen molar-refractivity contribution < 1.29 is 4.79 Å². The molecule has 0 fully saturated rings. The molecule has 2 rings (SSSR count). The van der Waals surface area contributed by atoms with Crippen molar-refractivity contribution >= 4 is 23.0 Å². The van der Waals surface area contributed by atoms with Crippen LogP contribution < -0.4 is 16.4 Å². The van der Waals surface area contributed by atoms with Gasteiger partial charge in [-0.3, -0.25) is 4.79 Å². The van der Waals surface area contributed by atoms with Gasteiger partial charge in [-0.2, -0.15) is 0 Å². The minimum Gasteiger partial charge on any atom is -0.399 e. The number of nitrogen functional groups attached to an aromatic ring is 1. The lowest BCUT2D eigenvalue weighted by molar-refractivity contribution is 0.0956. The lowest BCUT2D eigenvalue weighted by atomic mass is 10.1. The van der Waals surface area contributed by atoms with Gasteiger partial charge in [-0.15, -0.1) is 0 Å². The lowest BCUT2D eigenvalue weighted by Gasteiger charge is -2.14. The Balaban J connectivity index is 2.38. The van der Waals surface area contributed by atoms with Crippen LogP contribution in [0.2, 0.25) is 0 Å². The van der Waals surface area contributed by atoms with E-state index in [1.807, 2.05) is 26.0 Å². The van der Waals surface area contributed by atoms with Crippen molar-refractivity contribution in [2.75, 3.05) is 17.6 Å². The van der Waals surface area contributed by atoms with E-state index < -0.39 is 0 Å². The maximum Gasteiger partial charge on any atom is 0.253 e. The Bertz CT molecular complexity index is 665. The maximum absolute atomic E-state index is 12.1. The van der Waals surface area contributed by atoms with Crippen LogP contribution in [0.1, 0.15) is 28.4 Å². The van der Waals surface area contributed by atoms with Gasteiger partial charge in [-0.05, 0) is 50.6 Å². The van der Waals surface area contributed by atoms with Crippen molar-refractivity contribution in [2.24, 2.45) is 0 Å². The van der Waals surface area contributed by atoms with Crippen molar-refractivity contribution in [3.63, 3.8) is 0 Å². The van der Waals surface area contributed by atoms with Gasteiger partial charge in [-0.1, -0.05) is 17.7 Å². The number of hydrogen-bond acceptors (Lipinski definition) is 3. The van der Waals surface area contributed by atoms with E-state index >= 15 is 0 Å². The van der Waals surface area contributed by atoms with Crippen LogP contribution in [0.5, 0.6) is 0 Å². The third kappa shape index (κ3) is 3.54. The average molecular weight is 283 g/mol. The molecule has 21 heavy (non-hydrogen) atoms. The highest BCUT2D eigenvalue weighted by Gasteiger charge is 2.12. The summed E-state index contributed by atoms with van der Waals surface area (Å²) in [6.07, 6.45) is 0. The van der Waals surface area contributed by atoms with Crippen molar-refractivity contribution in [3.05, 3.63) is 53.1 Å². The summed E-state index contributed by atoms with van der Waals surface area (Å²) in [6.45, 7) is 6.57. The van der Waals surface area contributed by atoms with Crippen LogP contribution in [0.4, 0.5) is 17.1 Å². The van der Waals surface area contributed by atoms with Crippen molar-refractivity contribution in [3.8, 4) is 0 Å². The molecule has 0 aliphatic rings. The molecule has 4 N–H and O–H groups in total. The van der Waals surface area contributed by atoms with Gasteiger partial charge in [-0.25, -0.2) is 0 Å². The lowest BCUT2D eigenvalue weighted by Crippen LogP contribution is -2.23. The van der Waals surface area contributed by atoms with Gasteiger partial charge in [0.2, 0.25) is 0 Å². The second-order valence-corrected chi connectivity index (χ2v) is 5.11. The van der Waals surface area contributed by atoms with Crippen molar-refractivity contribution in [1.29, 1.82) is 0 Å². The highest BCUT2D eigenvalue weighted by Crippen LogP contribution is 2.26. The first-order chi connectivity index (χ1) is 10.0. The number of amides is 1. The first kappa shape index (κ1) is 14.9. The maximum atomic E-state index is 12.1. The molecule has 0 spiro atoms. The molecule has 0 heterocycles. The fourth-order valence-electron chi connectivity index (χ4n) is 2.22. The standard InChI is InChI=1S/C17H21N3O/c1-4-19-17(21)14-7-6-13(18)10-16(14)20-15-8-5-11(2)9-12(15)3/h5-10,20H,4,18H2,1-3H3,(H,19,21). The fourth-order valence-corrected chi connectivity index (χ4v) is 2.22. The first-order valence-electron chi connectivity index (χ1n) is 7.03. The quantitative estimate of drug-likeness (QED) is 0.754. The molecule has 110 valence electrons. The number of hydrogen-bond donors (Lipinski definition) is 3. The number of carbonyl (C=O) groups excluding carboxylic acids is 1. The topological polar surface area (TPSA) is 67.2 Å². The molecule has 0 saturated carbocycles. The number of anilines is 3. The van der Waals surface area contributed by atoms with Crippen molar-refractivity contribution in [1.82, 2.24) is 5.32 Å². The van der Waals surface area contributed by atoms with E-state index in [4.69, 9.17) is 5.73 Å². The monoisotopic (exact) mass is 283 g/mol. The summed E-state index contributed by atoms with van der Waals surface area (Å²) in [6, 6.07) is 11.4. The molecule has 0 atom stereocenters. The van der Waals surface area contributed by atoms with E-state index in [0.717, 1.165) is 11.3 Å². The van der Waals surface area contributed by atoms with Gasteiger partial charge in [0.15, 0.2) is 0 Å². The third-order valence-corrected chi connectivity index (χ3v) is 3.28. The highest BCUT2D eigenvalue weighted by molar-refractivity contribution is 6.01. The molecule has 0 aliphatic carbocycles. The van der Waals surface area contributed by atoms with E-state index in [1.165, 1.54) is 5.56 Å². The smallest absolute Gasteiger partial charge is 0.253 e. The minimum absolute atomic E-state index is 0.107. The summed E-state index contributed by atoms with van der Waals surface area (Å²) in [5, 5.41) is 6.12. The first-order valence-corrected chi connectivity index (χ1v) is 7.03. The largest absolute Gasteiger partial charge is 0.399 e. The van der Waals surface area contributed by atoms with Gasteiger partial charge in [0.1, 0.15) is 0 Å². The second-order valence-electron chi connectivity index (χ2n) is 5.11. The van der Waals surface area contributed by atoms with E-state index in [0.29, 0.717) is 23.5 Å². The van der Waals surface area contributed by atoms with Gasteiger partial charge in [0.25, 0.3) is 5.91 Å². The molecule has 0 unspecified atom stereocenters. The number of nitrogens with one attached hydrogen (secondary N) is 2. The zero-order valence-electron chi connectivity index (χ0n) is 12.7. The van der Waals surface area contributed by atoms with Crippen LogP contribution in [0.25, 0.3) is 0 Å². The number of rotatable bonds is 4. The molecular formula is C17H21N3O. The Morgan fingerprint density at radius 2 is 1.86 bits per heavy atom. The highest BCUT2D eigenvalue weighted by atomic mass is 16.1. The van der Waals surface area contributed by atoms with Crippen molar-refractivity contribution in [2.45, 2.75) is 20.8 Å². The Kier molecular flexibility index (Phi) is 4.48. The van der Waals surface area contributed by atoms with E-state index in [9.17, 15) is 4.79 Å². The Morgan fingerprint density at radius 1 is 1.10 bits per heavy atom. The number of nitrogens with two attached hydrogens (primary N) is 1. The summed E-state index contributed by atoms with van der Waals surface area (Å²) >= 11 is 0. The summed E-state index contributed by atoms with van der Waals surface area (Å²) in [5.74, 6) is -0.107. The Hall–Kier alpha value is -2.49. The zero-order valence-corrected chi connectivity index (χ0v) is 12.7. The van der Waals surface area contributed by atoms with Crippen LogP contribution in [0.3, 0.4) is 0 Å². The Labute approximate surface area is 125 Å². The number of aryl methyl sites for hydroxylation is 2. The van der Waals surface area contributed by atoms with Gasteiger partial charge < -0.3 is 16.4 Å². The molecular weight excluding hydrogens is 262 g/mol. The third-order valence-electron chi connectivity index (χ3n) is 3.28. The summed E-state index contributed by atoms with van der Waals surface area (Å²) in [7, 11) is 0. The van der Waals surface area contributed by atoms with Crippen LogP contribution >= 0.6 is 0 Å². The number of carbonyl (C=O) groups is 1. The molecule has 0 aromatic heterocycles. The summed E-state index contributed by atoms with van der Waals surface area (Å²) in [5.41, 5.74) is 11.1. The van der Waals surface area contributed by atoms with E-state index in [2.05, 4.69) is 23.6 Å². The normalized spacial score (nSPS) is 10.2. The summed E-state index contributed by atoms with van der Waals surface area (Å²) < 4.78 is 0. The molecule has 2 aromatic carbocycles. The van der Waals surface area contributed by atoms with Gasteiger partial charge >= 0.3 is 0 Å². The molecule has 0 bridgehead atoms. The minimum atomic E-state index is -0.107. The average Bonchev–Trinajstić information content (AvgIpc) is 2.42. The van der Waals surface area contributed by atoms with Gasteiger partial charge in [0.05, 0.1) is 11.3 Å². The second kappa shape index (κ2) is 6.31. The molecule has 0 saturated heterocycles. The van der Waals surface area contributed by atoms with E-state index in [-0.39, 0.29) is 5.91 Å². The van der Waals surface area contributed by atoms with Gasteiger partial charge in [0, 0.05) is 17.9 Å². The van der Waals surface area contributed by atoms with Crippen LogP contribution in [0, 0.1) is 13.8 Å². The molecule has 0 aliphatic heterocycles. The SMILES string of the molecule is CCNC(=O)c1ccc(N)cc1Nc1ccc(C)cc1C. The molecule has 4 nitrogen and oxygen atoms in total. The van der Waals surface area contributed by atoms with E-state index in [1.54, 1.807) is 18.2 Å². The molecule has 2 aromatic rings. The predicted molar refractivity (Wildman–Crippen MR) is 88.1 cm³/mol. The number of benzene rings is 2. The van der Waals surface area contributed by atoms with Crippen LogP contribution in [-0.2, 0) is 0 Å².